The first-order valence-electron chi connectivity index (χ1n) is 7.51. The molecule has 0 radical (unpaired) electrons. The van der Waals surface area contributed by atoms with Crippen molar-refractivity contribution in [3.8, 4) is 0 Å². The van der Waals surface area contributed by atoms with Crippen LogP contribution in [0.4, 0.5) is 0 Å². The van der Waals surface area contributed by atoms with E-state index in [0.717, 1.165) is 15.6 Å². The summed E-state index contributed by atoms with van der Waals surface area (Å²) >= 11 is 1.33. The van der Waals surface area contributed by atoms with Crippen LogP contribution in [0, 0.1) is 6.92 Å². The lowest BCUT2D eigenvalue weighted by atomic mass is 10.1. The average molecular weight is 367 g/mol. The van der Waals surface area contributed by atoms with Gasteiger partial charge in [-0.2, -0.15) is 0 Å². The highest BCUT2D eigenvalue weighted by molar-refractivity contribution is 7.91. The van der Waals surface area contributed by atoms with Crippen LogP contribution in [0.2, 0.25) is 0 Å². The molecule has 24 heavy (non-hydrogen) atoms. The van der Waals surface area contributed by atoms with Gasteiger partial charge < -0.3 is 10.1 Å². The molecule has 0 saturated carbocycles. The van der Waals surface area contributed by atoms with Crippen molar-refractivity contribution in [1.29, 1.82) is 0 Å². The molecule has 2 aromatic rings. The van der Waals surface area contributed by atoms with Crippen molar-refractivity contribution in [2.45, 2.75) is 19.4 Å². The summed E-state index contributed by atoms with van der Waals surface area (Å²) in [4.78, 5) is 24.5. The van der Waals surface area contributed by atoms with Crippen molar-refractivity contribution < 1.29 is 22.7 Å². The van der Waals surface area contributed by atoms with E-state index in [-0.39, 0.29) is 11.5 Å². The van der Waals surface area contributed by atoms with Crippen molar-refractivity contribution in [3.05, 3.63) is 34.7 Å². The van der Waals surface area contributed by atoms with E-state index in [1.165, 1.54) is 11.3 Å². The number of thiophene rings is 1. The first-order valence-corrected chi connectivity index (χ1v) is 10.1. The summed E-state index contributed by atoms with van der Waals surface area (Å²) in [6.45, 7) is 1.43. The normalized spacial score (nSPS) is 19.3. The van der Waals surface area contributed by atoms with E-state index in [4.69, 9.17) is 4.74 Å². The third-order valence-electron chi connectivity index (χ3n) is 3.96. The van der Waals surface area contributed by atoms with E-state index in [2.05, 4.69) is 5.32 Å². The van der Waals surface area contributed by atoms with E-state index in [1.807, 2.05) is 31.2 Å². The van der Waals surface area contributed by atoms with Gasteiger partial charge in [-0.1, -0.05) is 18.2 Å². The predicted molar refractivity (Wildman–Crippen MR) is 92.0 cm³/mol. The molecule has 1 N–H and O–H groups in total. The van der Waals surface area contributed by atoms with Crippen molar-refractivity contribution in [2.75, 3.05) is 18.1 Å². The number of aryl methyl sites for hydroxylation is 1. The van der Waals surface area contributed by atoms with E-state index in [1.54, 1.807) is 0 Å². The van der Waals surface area contributed by atoms with E-state index >= 15 is 0 Å². The van der Waals surface area contributed by atoms with Gasteiger partial charge in [0.15, 0.2) is 16.4 Å². The van der Waals surface area contributed by atoms with Crippen LogP contribution < -0.4 is 5.32 Å². The van der Waals surface area contributed by atoms with Crippen molar-refractivity contribution >= 4 is 43.1 Å². The van der Waals surface area contributed by atoms with Gasteiger partial charge in [-0.05, 0) is 30.4 Å². The molecule has 0 aliphatic carbocycles. The maximum atomic E-state index is 12.2. The Hall–Kier alpha value is -1.93. The Morgan fingerprint density at radius 2 is 2.08 bits per heavy atom. The van der Waals surface area contributed by atoms with Gasteiger partial charge in [-0.15, -0.1) is 11.3 Å². The molecule has 1 aliphatic heterocycles. The monoisotopic (exact) mass is 367 g/mol. The third kappa shape index (κ3) is 3.59. The highest BCUT2D eigenvalue weighted by atomic mass is 32.2. The molecule has 1 amide bonds. The average Bonchev–Trinajstić information content (AvgIpc) is 3.05. The molecule has 1 aromatic heterocycles. The Labute approximate surface area is 143 Å². The first kappa shape index (κ1) is 16.9. The smallest absolute Gasteiger partial charge is 0.349 e. The maximum absolute atomic E-state index is 12.2. The standard InChI is InChI=1S/C16H17NO5S2/c1-10-12-4-2-3-5-13(12)23-15(10)16(19)22-8-14(18)17-11-6-7-24(20,21)9-11/h2-5,11H,6-9H2,1H3,(H,17,18)/t11-/m1/s1. The Balaban J connectivity index is 1.58. The third-order valence-corrected chi connectivity index (χ3v) is 6.98. The number of carbonyl (C=O) groups excluding carboxylic acids is 2. The highest BCUT2D eigenvalue weighted by Crippen LogP contribution is 2.30. The van der Waals surface area contributed by atoms with Crippen LogP contribution in [0.1, 0.15) is 21.7 Å². The lowest BCUT2D eigenvalue weighted by Crippen LogP contribution is -2.38. The fourth-order valence-electron chi connectivity index (χ4n) is 2.74. The molecule has 128 valence electrons. The van der Waals surface area contributed by atoms with Crippen LogP contribution in [0.25, 0.3) is 10.1 Å². The number of carbonyl (C=O) groups is 2. The number of benzene rings is 1. The van der Waals surface area contributed by atoms with Crippen molar-refractivity contribution in [1.82, 2.24) is 5.32 Å². The maximum Gasteiger partial charge on any atom is 0.349 e. The first-order chi connectivity index (χ1) is 11.4. The largest absolute Gasteiger partial charge is 0.451 e. The zero-order valence-corrected chi connectivity index (χ0v) is 14.7. The van der Waals surface area contributed by atoms with Crippen LogP contribution in [0.5, 0.6) is 0 Å². The Morgan fingerprint density at radius 1 is 1.33 bits per heavy atom. The molecule has 1 fully saturated rings. The van der Waals surface area contributed by atoms with Crippen LogP contribution in [0.15, 0.2) is 24.3 Å². The number of nitrogens with one attached hydrogen (secondary N) is 1. The Kier molecular flexibility index (Phi) is 4.60. The highest BCUT2D eigenvalue weighted by Gasteiger charge is 2.29. The fourth-order valence-corrected chi connectivity index (χ4v) is 5.52. The van der Waals surface area contributed by atoms with E-state index in [0.29, 0.717) is 11.3 Å². The summed E-state index contributed by atoms with van der Waals surface area (Å²) in [5.74, 6) is -0.993. The Bertz CT molecular complexity index is 900. The zero-order valence-electron chi connectivity index (χ0n) is 13.1. The summed E-state index contributed by atoms with van der Waals surface area (Å²) < 4.78 is 28.8. The molecule has 1 saturated heterocycles. The lowest BCUT2D eigenvalue weighted by molar-refractivity contribution is -0.124. The number of esters is 1. The van der Waals surface area contributed by atoms with Crippen molar-refractivity contribution in [3.63, 3.8) is 0 Å². The van der Waals surface area contributed by atoms with Gasteiger partial charge in [0.1, 0.15) is 4.88 Å². The number of fused-ring (bicyclic) bond motifs is 1. The number of ether oxygens (including phenoxy) is 1. The van der Waals surface area contributed by atoms with Gasteiger partial charge in [0.2, 0.25) is 0 Å². The number of hydrogen-bond acceptors (Lipinski definition) is 6. The Morgan fingerprint density at radius 3 is 2.75 bits per heavy atom. The fraction of sp³-hybridized carbons (Fsp3) is 0.375. The number of sulfone groups is 1. The molecule has 0 bridgehead atoms. The molecule has 1 atom stereocenters. The summed E-state index contributed by atoms with van der Waals surface area (Å²) in [5.41, 5.74) is 0.836. The molecule has 2 heterocycles. The van der Waals surface area contributed by atoms with Gasteiger partial charge in [0, 0.05) is 10.7 Å². The number of amides is 1. The minimum absolute atomic E-state index is 0.0535. The molecule has 3 rings (SSSR count). The van der Waals surface area contributed by atoms with E-state index in [9.17, 15) is 18.0 Å². The summed E-state index contributed by atoms with van der Waals surface area (Å²) in [5, 5.41) is 3.59. The van der Waals surface area contributed by atoms with Crippen LogP contribution in [0.3, 0.4) is 0 Å². The molecule has 6 nitrogen and oxygen atoms in total. The number of hydrogen-bond donors (Lipinski definition) is 1. The van der Waals surface area contributed by atoms with Gasteiger partial charge in [-0.3, -0.25) is 4.79 Å². The zero-order chi connectivity index (χ0) is 17.3. The lowest BCUT2D eigenvalue weighted by Gasteiger charge is -2.10. The van der Waals surface area contributed by atoms with Crippen LogP contribution in [-0.4, -0.2) is 44.4 Å². The van der Waals surface area contributed by atoms with Crippen LogP contribution in [-0.2, 0) is 19.4 Å². The van der Waals surface area contributed by atoms with Gasteiger partial charge in [0.25, 0.3) is 5.91 Å². The molecule has 0 spiro atoms. The molecule has 1 aromatic carbocycles. The minimum atomic E-state index is -3.06. The van der Waals surface area contributed by atoms with Crippen LogP contribution >= 0.6 is 11.3 Å². The summed E-state index contributed by atoms with van der Waals surface area (Å²) in [7, 11) is -3.06. The molecular weight excluding hydrogens is 350 g/mol. The number of rotatable bonds is 4. The second kappa shape index (κ2) is 6.52. The molecule has 1 aliphatic rings. The minimum Gasteiger partial charge on any atom is -0.451 e. The second-order valence-corrected chi connectivity index (χ2v) is 9.08. The predicted octanol–water partition coefficient (Wildman–Crippen LogP) is 1.67. The molecule has 8 heteroatoms. The van der Waals surface area contributed by atoms with Gasteiger partial charge in [0.05, 0.1) is 11.5 Å². The van der Waals surface area contributed by atoms with Gasteiger partial charge in [-0.25, -0.2) is 13.2 Å². The van der Waals surface area contributed by atoms with Gasteiger partial charge >= 0.3 is 5.97 Å². The quantitative estimate of drug-likeness (QED) is 0.831. The summed E-state index contributed by atoms with van der Waals surface area (Å²) in [6.07, 6.45) is 0.400. The summed E-state index contributed by atoms with van der Waals surface area (Å²) in [6, 6.07) is 7.27. The van der Waals surface area contributed by atoms with E-state index < -0.39 is 34.4 Å². The van der Waals surface area contributed by atoms with Crippen molar-refractivity contribution in [2.24, 2.45) is 0 Å². The second-order valence-electron chi connectivity index (χ2n) is 5.80. The SMILES string of the molecule is Cc1c(C(=O)OCC(=O)N[C@@H]2CCS(=O)(=O)C2)sc2ccccc12. The molecule has 0 unspecified atom stereocenters. The topological polar surface area (TPSA) is 89.5 Å². The molecular formula is C16H17NO5S2.